The zero-order chi connectivity index (χ0) is 15.1. The van der Waals surface area contributed by atoms with Gasteiger partial charge in [-0.15, -0.1) is 0 Å². The third-order valence-corrected chi connectivity index (χ3v) is 5.72. The second kappa shape index (κ2) is 8.01. The van der Waals surface area contributed by atoms with Crippen LogP contribution in [-0.4, -0.2) is 39.0 Å². The van der Waals surface area contributed by atoms with Crippen molar-refractivity contribution in [3.63, 3.8) is 0 Å². The van der Waals surface area contributed by atoms with Gasteiger partial charge in [-0.1, -0.05) is 0 Å². The van der Waals surface area contributed by atoms with Gasteiger partial charge >= 0.3 is 130 Å². The van der Waals surface area contributed by atoms with E-state index in [0.717, 1.165) is 12.8 Å². The molecule has 0 saturated carbocycles. The summed E-state index contributed by atoms with van der Waals surface area (Å²) >= 11 is 0.0202. The van der Waals surface area contributed by atoms with Gasteiger partial charge in [-0.2, -0.15) is 0 Å². The van der Waals surface area contributed by atoms with Gasteiger partial charge in [-0.25, -0.2) is 0 Å². The van der Waals surface area contributed by atoms with Crippen molar-refractivity contribution < 1.29 is 19.1 Å². The zero-order valence-corrected chi connectivity index (χ0v) is 13.6. The molecule has 0 amide bonds. The van der Waals surface area contributed by atoms with Crippen molar-refractivity contribution in [2.24, 2.45) is 5.92 Å². The van der Waals surface area contributed by atoms with Gasteiger partial charge < -0.3 is 0 Å². The van der Waals surface area contributed by atoms with E-state index < -0.39 is 11.9 Å². The molecule has 5 heteroatoms. The maximum atomic E-state index is 11.8. The van der Waals surface area contributed by atoms with Crippen molar-refractivity contribution in [2.45, 2.75) is 24.3 Å². The Hall–Kier alpha value is -1.58. The Morgan fingerprint density at radius 2 is 2.05 bits per heavy atom. The number of carbonyl (C=O) groups is 2. The molecular weight excluding hydrogens is 335 g/mol. The van der Waals surface area contributed by atoms with Crippen molar-refractivity contribution in [2.75, 3.05) is 7.11 Å². The fraction of sp³-hybridized carbons (Fsp3) is 0.375. The fourth-order valence-electron chi connectivity index (χ4n) is 2.08. The molecule has 1 aliphatic carbocycles. The number of carbonyl (C=O) groups excluding carboxylic acids is 2. The third kappa shape index (κ3) is 5.03. The fourth-order valence-corrected chi connectivity index (χ4v) is 4.47. The molecule has 1 aromatic rings. The molecule has 4 nitrogen and oxygen atoms in total. The van der Waals surface area contributed by atoms with Gasteiger partial charge in [-0.05, 0) is 0 Å². The number of allylic oxidation sites excluding steroid dienone is 1. The van der Waals surface area contributed by atoms with E-state index in [2.05, 4.69) is 16.9 Å². The molecule has 21 heavy (non-hydrogen) atoms. The Kier molecular flexibility index (Phi) is 6.03. The Bertz CT molecular complexity index is 512. The monoisotopic (exact) mass is 354 g/mol. The van der Waals surface area contributed by atoms with E-state index in [9.17, 15) is 9.59 Å². The standard InChI is InChI=1S/C16H18O4Se/c1-19-14(17)11-15(18)20-16(12-7-5-6-8-12)21-13-9-3-2-4-10-13/h2-5,7,9-10,12,16H,6,8,11H2,1H3. The third-order valence-electron chi connectivity index (χ3n) is 3.16. The van der Waals surface area contributed by atoms with Crippen molar-refractivity contribution in [3.8, 4) is 0 Å². The molecular formula is C16H18O4Se. The van der Waals surface area contributed by atoms with Gasteiger partial charge in [0, 0.05) is 0 Å². The van der Waals surface area contributed by atoms with Crippen molar-refractivity contribution in [3.05, 3.63) is 42.5 Å². The second-order valence-corrected chi connectivity index (χ2v) is 7.17. The quantitative estimate of drug-likeness (QED) is 0.336. The van der Waals surface area contributed by atoms with Crippen molar-refractivity contribution in [1.82, 2.24) is 0 Å². The van der Waals surface area contributed by atoms with Crippen LogP contribution in [0.15, 0.2) is 42.5 Å². The first-order chi connectivity index (χ1) is 10.2. The molecule has 0 aliphatic heterocycles. The number of benzene rings is 1. The van der Waals surface area contributed by atoms with Crippen molar-refractivity contribution in [1.29, 1.82) is 0 Å². The predicted octanol–water partition coefficient (Wildman–Crippen LogP) is 1.41. The molecule has 1 aromatic carbocycles. The van der Waals surface area contributed by atoms with Gasteiger partial charge in [0.2, 0.25) is 0 Å². The minimum atomic E-state index is -0.562. The van der Waals surface area contributed by atoms with Gasteiger partial charge in [0.05, 0.1) is 0 Å². The van der Waals surface area contributed by atoms with Crippen LogP contribution >= 0.6 is 0 Å². The Morgan fingerprint density at radius 1 is 1.29 bits per heavy atom. The predicted molar refractivity (Wildman–Crippen MR) is 80.2 cm³/mol. The number of rotatable bonds is 6. The second-order valence-electron chi connectivity index (χ2n) is 4.71. The Labute approximate surface area is 130 Å². The molecule has 2 atom stereocenters. The minimum absolute atomic E-state index is 0.0202. The van der Waals surface area contributed by atoms with Crippen molar-refractivity contribution >= 4 is 31.4 Å². The molecule has 2 rings (SSSR count). The average molecular weight is 353 g/mol. The number of hydrogen-bond acceptors (Lipinski definition) is 4. The van der Waals surface area contributed by atoms with E-state index in [-0.39, 0.29) is 32.3 Å². The number of esters is 2. The van der Waals surface area contributed by atoms with Gasteiger partial charge in [0.15, 0.2) is 0 Å². The number of ether oxygens (including phenoxy) is 2. The van der Waals surface area contributed by atoms with E-state index in [1.54, 1.807) is 0 Å². The molecule has 0 fully saturated rings. The first-order valence-electron chi connectivity index (χ1n) is 6.83. The summed E-state index contributed by atoms with van der Waals surface area (Å²) in [5.74, 6) is -0.829. The summed E-state index contributed by atoms with van der Waals surface area (Å²) in [6.07, 6.45) is 5.91. The first-order valence-corrected chi connectivity index (χ1v) is 8.68. The van der Waals surface area contributed by atoms with Crippen LogP contribution in [-0.2, 0) is 19.1 Å². The Morgan fingerprint density at radius 3 is 2.67 bits per heavy atom. The zero-order valence-electron chi connectivity index (χ0n) is 11.9. The normalized spacial score (nSPS) is 18.2. The van der Waals surface area contributed by atoms with E-state index >= 15 is 0 Å². The van der Waals surface area contributed by atoms with Crippen LogP contribution in [0.4, 0.5) is 0 Å². The van der Waals surface area contributed by atoms with E-state index in [1.165, 1.54) is 11.6 Å². The number of methoxy groups -OCH3 is 1. The molecule has 0 aromatic heterocycles. The van der Waals surface area contributed by atoms with E-state index in [1.807, 2.05) is 30.3 Å². The summed E-state index contributed by atoms with van der Waals surface area (Å²) in [5.41, 5.74) is 0. The molecule has 0 spiro atoms. The van der Waals surface area contributed by atoms with Crippen LogP contribution in [0.2, 0.25) is 0 Å². The van der Waals surface area contributed by atoms with Gasteiger partial charge in [0.25, 0.3) is 0 Å². The topological polar surface area (TPSA) is 52.6 Å². The summed E-state index contributed by atoms with van der Waals surface area (Å²) in [7, 11) is 1.26. The SMILES string of the molecule is COC(=O)CC(=O)OC([Se]c1ccccc1)C1C=CCC1. The molecule has 0 saturated heterocycles. The Balaban J connectivity index is 2.00. The summed E-state index contributed by atoms with van der Waals surface area (Å²) in [6.45, 7) is 0. The van der Waals surface area contributed by atoms with E-state index in [4.69, 9.17) is 4.74 Å². The van der Waals surface area contributed by atoms with Gasteiger partial charge in [-0.3, -0.25) is 0 Å². The molecule has 2 unspecified atom stereocenters. The molecule has 1 aliphatic rings. The molecule has 0 bridgehead atoms. The van der Waals surface area contributed by atoms with Crippen LogP contribution in [0.5, 0.6) is 0 Å². The van der Waals surface area contributed by atoms with Gasteiger partial charge in [0.1, 0.15) is 0 Å². The average Bonchev–Trinajstić information content (AvgIpc) is 3.01. The summed E-state index contributed by atoms with van der Waals surface area (Å²) in [6, 6.07) is 10.0. The first kappa shape index (κ1) is 15.8. The molecule has 0 heterocycles. The summed E-state index contributed by atoms with van der Waals surface area (Å²) < 4.78 is 11.2. The van der Waals surface area contributed by atoms with Crippen LogP contribution in [0, 0.1) is 5.92 Å². The van der Waals surface area contributed by atoms with Crippen LogP contribution in [0.1, 0.15) is 19.3 Å². The van der Waals surface area contributed by atoms with Crippen LogP contribution in [0.3, 0.4) is 0 Å². The molecule has 0 N–H and O–H groups in total. The molecule has 112 valence electrons. The maximum absolute atomic E-state index is 11.8. The van der Waals surface area contributed by atoms with E-state index in [0.29, 0.717) is 0 Å². The van der Waals surface area contributed by atoms with Crippen LogP contribution < -0.4 is 4.46 Å². The van der Waals surface area contributed by atoms with Crippen LogP contribution in [0.25, 0.3) is 0 Å². The summed E-state index contributed by atoms with van der Waals surface area (Å²) in [5, 5.41) is -0.171. The summed E-state index contributed by atoms with van der Waals surface area (Å²) in [4.78, 5) is 23.0. The number of hydrogen-bond donors (Lipinski definition) is 0. The molecule has 0 radical (unpaired) electrons.